The summed E-state index contributed by atoms with van der Waals surface area (Å²) in [7, 11) is 0. The van der Waals surface area contributed by atoms with Crippen molar-refractivity contribution in [2.75, 3.05) is 6.54 Å². The van der Waals surface area contributed by atoms with Crippen LogP contribution >= 0.6 is 0 Å². The van der Waals surface area contributed by atoms with E-state index in [1.54, 1.807) is 0 Å². The Labute approximate surface area is 240 Å². The molecule has 0 radical (unpaired) electrons. The summed E-state index contributed by atoms with van der Waals surface area (Å²) in [5.41, 5.74) is 7.83. The quantitative estimate of drug-likeness (QED) is 0.279. The lowest BCUT2D eigenvalue weighted by Gasteiger charge is -2.73. The summed E-state index contributed by atoms with van der Waals surface area (Å²) in [6.45, 7) is 18.4. The van der Waals surface area contributed by atoms with Crippen molar-refractivity contribution in [2.24, 2.45) is 68.3 Å². The van der Waals surface area contributed by atoms with E-state index in [9.17, 15) is 15.3 Å². The third-order valence-electron chi connectivity index (χ3n) is 15.4. The molecule has 5 rings (SSSR count). The van der Waals surface area contributed by atoms with Crippen LogP contribution in [0.25, 0.3) is 0 Å². The van der Waals surface area contributed by atoms with Gasteiger partial charge in [0.15, 0.2) is 0 Å². The molecule has 0 heterocycles. The number of aliphatic hydroxyl groups is 3. The Bertz CT molecular complexity index is 891. The molecule has 0 aromatic carbocycles. The molecule has 5 N–H and O–H groups in total. The van der Waals surface area contributed by atoms with Crippen molar-refractivity contribution >= 4 is 0 Å². The average Bonchev–Trinajstić information content (AvgIpc) is 3.23. The zero-order valence-corrected chi connectivity index (χ0v) is 26.5. The molecule has 0 aromatic heterocycles. The van der Waals surface area contributed by atoms with Gasteiger partial charge in [-0.25, -0.2) is 0 Å². The highest BCUT2D eigenvalue weighted by molar-refractivity contribution is 5.19. The van der Waals surface area contributed by atoms with Gasteiger partial charge in [0.25, 0.3) is 0 Å². The Balaban J connectivity index is 1.33. The first-order valence-electron chi connectivity index (χ1n) is 16.9. The standard InChI is InChI=1S/C35H63NO3/c1-22(9-10-25(37)30(39)26(38)21-36)23-13-18-32(4)24(23)14-19-34(6)28(32)11-12-29-33(5)17-8-16-31(2,3)27(33)15-20-35(29,34)7/h22-30,37-39H,8-21,36H2,1-7H3/t22-,23+,24-,25+,26-,27-,28+,29+,30+,32-,33-,34+,35+/m0/s1. The van der Waals surface area contributed by atoms with Gasteiger partial charge in [0.2, 0.25) is 0 Å². The smallest absolute Gasteiger partial charge is 0.107 e. The van der Waals surface area contributed by atoms with Crippen molar-refractivity contribution in [3.8, 4) is 0 Å². The molecule has 4 nitrogen and oxygen atoms in total. The number of aliphatic hydroxyl groups excluding tert-OH is 3. The van der Waals surface area contributed by atoms with Gasteiger partial charge in [-0.1, -0.05) is 54.9 Å². The third kappa shape index (κ3) is 4.42. The van der Waals surface area contributed by atoms with Crippen LogP contribution in [-0.2, 0) is 0 Å². The monoisotopic (exact) mass is 545 g/mol. The summed E-state index contributed by atoms with van der Waals surface area (Å²) in [6, 6.07) is 0. The highest BCUT2D eigenvalue weighted by Gasteiger charge is 2.70. The predicted molar refractivity (Wildman–Crippen MR) is 160 cm³/mol. The lowest BCUT2D eigenvalue weighted by atomic mass is 9.32. The van der Waals surface area contributed by atoms with Crippen LogP contribution in [0.4, 0.5) is 0 Å². The summed E-state index contributed by atoms with van der Waals surface area (Å²) < 4.78 is 0. The fourth-order valence-electron chi connectivity index (χ4n) is 13.2. The molecule has 0 spiro atoms. The molecule has 0 saturated heterocycles. The third-order valence-corrected chi connectivity index (χ3v) is 15.4. The molecule has 5 saturated carbocycles. The van der Waals surface area contributed by atoms with E-state index in [-0.39, 0.29) is 6.54 Å². The van der Waals surface area contributed by atoms with Crippen molar-refractivity contribution in [3.63, 3.8) is 0 Å². The Morgan fingerprint density at radius 1 is 0.667 bits per heavy atom. The Kier molecular flexibility index (Phi) is 7.95. The highest BCUT2D eigenvalue weighted by atomic mass is 16.4. The first kappa shape index (κ1) is 30.3. The van der Waals surface area contributed by atoms with Gasteiger partial charge in [0.05, 0.1) is 12.2 Å². The Morgan fingerprint density at radius 2 is 1.28 bits per heavy atom. The van der Waals surface area contributed by atoms with E-state index in [0.29, 0.717) is 45.3 Å². The number of hydrogen-bond acceptors (Lipinski definition) is 4. The minimum absolute atomic E-state index is 0.0195. The molecule has 5 fully saturated rings. The predicted octanol–water partition coefficient (Wildman–Crippen LogP) is 6.94. The highest BCUT2D eigenvalue weighted by Crippen LogP contribution is 2.78. The van der Waals surface area contributed by atoms with Crippen molar-refractivity contribution in [2.45, 2.75) is 150 Å². The molecule has 5 aliphatic rings. The molecule has 13 atom stereocenters. The minimum Gasteiger partial charge on any atom is -0.390 e. The van der Waals surface area contributed by atoms with Gasteiger partial charge in [0.1, 0.15) is 6.10 Å². The Hall–Kier alpha value is -0.160. The lowest BCUT2D eigenvalue weighted by molar-refractivity contribution is -0.241. The molecular formula is C35H63NO3. The molecule has 39 heavy (non-hydrogen) atoms. The maximum Gasteiger partial charge on any atom is 0.107 e. The van der Waals surface area contributed by atoms with Gasteiger partial charge in [-0.3, -0.25) is 0 Å². The molecule has 0 aromatic rings. The number of nitrogens with two attached hydrogens (primary N) is 1. The van der Waals surface area contributed by atoms with E-state index in [2.05, 4.69) is 48.5 Å². The van der Waals surface area contributed by atoms with Gasteiger partial charge >= 0.3 is 0 Å². The van der Waals surface area contributed by atoms with Crippen LogP contribution in [-0.4, -0.2) is 40.2 Å². The zero-order chi connectivity index (χ0) is 28.6. The van der Waals surface area contributed by atoms with Gasteiger partial charge in [-0.15, -0.1) is 0 Å². The number of hydrogen-bond donors (Lipinski definition) is 4. The van der Waals surface area contributed by atoms with Crippen molar-refractivity contribution in [3.05, 3.63) is 0 Å². The van der Waals surface area contributed by atoms with E-state index in [0.717, 1.165) is 30.1 Å². The molecule has 5 aliphatic carbocycles. The topological polar surface area (TPSA) is 86.7 Å². The summed E-state index contributed by atoms with van der Waals surface area (Å²) in [5.74, 6) is 4.61. The molecule has 0 aliphatic heterocycles. The summed E-state index contributed by atoms with van der Waals surface area (Å²) in [5, 5.41) is 30.6. The van der Waals surface area contributed by atoms with Crippen molar-refractivity contribution in [1.82, 2.24) is 0 Å². The summed E-state index contributed by atoms with van der Waals surface area (Å²) in [6.07, 6.45) is 13.8. The second-order valence-electron chi connectivity index (χ2n) is 17.2. The normalized spacial score (nSPS) is 50.1. The van der Waals surface area contributed by atoms with Crippen molar-refractivity contribution < 1.29 is 15.3 Å². The first-order chi connectivity index (χ1) is 18.2. The molecule has 4 heteroatoms. The van der Waals surface area contributed by atoms with E-state index < -0.39 is 18.3 Å². The summed E-state index contributed by atoms with van der Waals surface area (Å²) >= 11 is 0. The minimum atomic E-state index is -1.14. The van der Waals surface area contributed by atoms with Gasteiger partial charge in [-0.2, -0.15) is 0 Å². The molecule has 226 valence electrons. The van der Waals surface area contributed by atoms with Crippen LogP contribution in [0.3, 0.4) is 0 Å². The largest absolute Gasteiger partial charge is 0.390 e. The molecule has 0 bridgehead atoms. The molecular weight excluding hydrogens is 482 g/mol. The van der Waals surface area contributed by atoms with Crippen LogP contribution in [0, 0.1) is 62.6 Å². The van der Waals surface area contributed by atoms with E-state index in [1.165, 1.54) is 70.6 Å². The summed E-state index contributed by atoms with van der Waals surface area (Å²) in [4.78, 5) is 0. The van der Waals surface area contributed by atoms with Crippen molar-refractivity contribution in [1.29, 1.82) is 0 Å². The fourth-order valence-corrected chi connectivity index (χ4v) is 13.2. The second kappa shape index (κ2) is 10.2. The SMILES string of the molecule is C[C@@H](CC[C@@H](O)[C@@H](O)[C@@H](O)CN)[C@H]1CC[C@]2(C)[C@H]3CC[C@@H]4[C@@]5(C)CCCC(C)(C)[C@@H]5CC[C@@]4(C)[C@]3(C)CC[C@@H]12. The van der Waals surface area contributed by atoms with E-state index in [4.69, 9.17) is 5.73 Å². The van der Waals surface area contributed by atoms with Crippen LogP contribution < -0.4 is 5.73 Å². The maximum atomic E-state index is 10.5. The first-order valence-corrected chi connectivity index (χ1v) is 16.9. The fraction of sp³-hybridized carbons (Fsp3) is 1.00. The number of rotatable bonds is 7. The Morgan fingerprint density at radius 3 is 1.92 bits per heavy atom. The van der Waals surface area contributed by atoms with Crippen LogP contribution in [0.5, 0.6) is 0 Å². The lowest BCUT2D eigenvalue weighted by Crippen LogP contribution is -2.65. The number of fused-ring (bicyclic) bond motifs is 7. The molecule has 0 amide bonds. The second-order valence-corrected chi connectivity index (χ2v) is 17.2. The average molecular weight is 546 g/mol. The van der Waals surface area contributed by atoms with Gasteiger partial charge < -0.3 is 21.1 Å². The van der Waals surface area contributed by atoms with E-state index in [1.807, 2.05) is 0 Å². The van der Waals surface area contributed by atoms with E-state index >= 15 is 0 Å². The van der Waals surface area contributed by atoms with Crippen LogP contribution in [0.2, 0.25) is 0 Å². The maximum absolute atomic E-state index is 10.5. The van der Waals surface area contributed by atoms with Crippen LogP contribution in [0.1, 0.15) is 132 Å². The van der Waals surface area contributed by atoms with Crippen LogP contribution in [0.15, 0.2) is 0 Å². The zero-order valence-electron chi connectivity index (χ0n) is 26.5. The molecule has 0 unspecified atom stereocenters. The van der Waals surface area contributed by atoms with Gasteiger partial charge in [0, 0.05) is 6.54 Å². The van der Waals surface area contributed by atoms with Gasteiger partial charge in [-0.05, 0) is 140 Å².